The van der Waals surface area contributed by atoms with Crippen molar-refractivity contribution in [3.63, 3.8) is 0 Å². The Hall–Kier alpha value is -3.02. The Bertz CT molecular complexity index is 859. The van der Waals surface area contributed by atoms with E-state index in [4.69, 9.17) is 9.47 Å². The largest absolute Gasteiger partial charge is 0.489 e. The summed E-state index contributed by atoms with van der Waals surface area (Å²) in [5.74, 6) is -0.343. The summed E-state index contributed by atoms with van der Waals surface area (Å²) in [6.07, 6.45) is 0.329. The van der Waals surface area contributed by atoms with Crippen LogP contribution in [0.25, 0.3) is 0 Å². The molecule has 1 heterocycles. The average molecular weight is 397 g/mol. The maximum atomic E-state index is 12.8. The second-order valence-electron chi connectivity index (χ2n) is 8.18. The molecule has 0 bridgehead atoms. The minimum Gasteiger partial charge on any atom is -0.489 e. The van der Waals surface area contributed by atoms with Crippen molar-refractivity contribution in [2.24, 2.45) is 0 Å². The quantitative estimate of drug-likeness (QED) is 0.785. The van der Waals surface area contributed by atoms with Gasteiger partial charge in [-0.3, -0.25) is 4.90 Å². The normalized spacial score (nSPS) is 19.1. The van der Waals surface area contributed by atoms with Gasteiger partial charge < -0.3 is 14.6 Å². The Labute approximate surface area is 171 Å². The van der Waals surface area contributed by atoms with E-state index >= 15 is 0 Å². The number of rotatable bonds is 5. The topological polar surface area (TPSA) is 76.1 Å². The van der Waals surface area contributed by atoms with E-state index in [0.29, 0.717) is 25.2 Å². The molecule has 1 aliphatic heterocycles. The third-order valence-electron chi connectivity index (χ3n) is 4.77. The van der Waals surface area contributed by atoms with E-state index in [9.17, 15) is 14.7 Å². The predicted molar refractivity (Wildman–Crippen MR) is 109 cm³/mol. The van der Waals surface area contributed by atoms with Crippen molar-refractivity contribution in [3.05, 3.63) is 65.7 Å². The van der Waals surface area contributed by atoms with Crippen molar-refractivity contribution in [3.8, 4) is 5.75 Å². The van der Waals surface area contributed by atoms with Crippen molar-refractivity contribution in [2.75, 3.05) is 0 Å². The van der Waals surface area contributed by atoms with Crippen LogP contribution in [0.3, 0.4) is 0 Å². The monoisotopic (exact) mass is 397 g/mol. The SMILES string of the molecule is CC(C)(C)OC(=O)N1[C@@H](c2cccc(OCc3ccccc3)c2)CC[C@H]1C(=O)O. The zero-order valence-corrected chi connectivity index (χ0v) is 17.0. The Morgan fingerprint density at radius 1 is 1.07 bits per heavy atom. The van der Waals surface area contributed by atoms with Crippen molar-refractivity contribution < 1.29 is 24.2 Å². The lowest BCUT2D eigenvalue weighted by Gasteiger charge is -2.31. The van der Waals surface area contributed by atoms with E-state index in [1.54, 1.807) is 20.8 Å². The van der Waals surface area contributed by atoms with Crippen LogP contribution in [0.15, 0.2) is 54.6 Å². The Balaban J connectivity index is 1.80. The van der Waals surface area contributed by atoms with E-state index in [1.165, 1.54) is 4.90 Å². The van der Waals surface area contributed by atoms with Crippen LogP contribution >= 0.6 is 0 Å². The molecular formula is C23H27NO5. The van der Waals surface area contributed by atoms with E-state index in [1.807, 2.05) is 54.6 Å². The van der Waals surface area contributed by atoms with Crippen molar-refractivity contribution in [1.29, 1.82) is 0 Å². The van der Waals surface area contributed by atoms with Gasteiger partial charge in [0, 0.05) is 0 Å². The van der Waals surface area contributed by atoms with E-state index in [2.05, 4.69) is 0 Å². The van der Waals surface area contributed by atoms with E-state index in [-0.39, 0.29) is 6.04 Å². The number of nitrogens with zero attached hydrogens (tertiary/aromatic N) is 1. The van der Waals surface area contributed by atoms with Gasteiger partial charge in [-0.05, 0) is 56.9 Å². The highest BCUT2D eigenvalue weighted by atomic mass is 16.6. The number of ether oxygens (including phenoxy) is 2. The molecular weight excluding hydrogens is 370 g/mol. The number of hydrogen-bond donors (Lipinski definition) is 1. The number of carboxylic acid groups (broad SMARTS) is 1. The fourth-order valence-corrected chi connectivity index (χ4v) is 3.50. The number of carbonyl (C=O) groups excluding carboxylic acids is 1. The highest BCUT2D eigenvalue weighted by molar-refractivity contribution is 5.81. The van der Waals surface area contributed by atoms with Gasteiger partial charge in [-0.2, -0.15) is 0 Å². The van der Waals surface area contributed by atoms with Gasteiger partial charge in [-0.15, -0.1) is 0 Å². The lowest BCUT2D eigenvalue weighted by molar-refractivity contribution is -0.142. The first-order valence-electron chi connectivity index (χ1n) is 9.75. The third-order valence-corrected chi connectivity index (χ3v) is 4.77. The van der Waals surface area contributed by atoms with Gasteiger partial charge in [0.05, 0.1) is 6.04 Å². The van der Waals surface area contributed by atoms with Crippen LogP contribution in [0.2, 0.25) is 0 Å². The molecule has 2 aromatic carbocycles. The van der Waals surface area contributed by atoms with Gasteiger partial charge in [-0.1, -0.05) is 42.5 Å². The van der Waals surface area contributed by atoms with Crippen molar-refractivity contribution >= 4 is 12.1 Å². The zero-order chi connectivity index (χ0) is 21.0. The molecule has 1 aliphatic rings. The van der Waals surface area contributed by atoms with Crippen LogP contribution in [0.4, 0.5) is 4.79 Å². The number of carboxylic acids is 1. The molecule has 0 unspecified atom stereocenters. The molecule has 1 amide bonds. The first-order chi connectivity index (χ1) is 13.7. The van der Waals surface area contributed by atoms with Gasteiger partial charge in [0.15, 0.2) is 0 Å². The fraction of sp³-hybridized carbons (Fsp3) is 0.391. The zero-order valence-electron chi connectivity index (χ0n) is 17.0. The Kier molecular flexibility index (Phi) is 6.11. The van der Waals surface area contributed by atoms with Gasteiger partial charge in [0.1, 0.15) is 24.0 Å². The third kappa shape index (κ3) is 5.28. The maximum absolute atomic E-state index is 12.8. The minimum atomic E-state index is -1.02. The molecule has 3 rings (SSSR count). The standard InChI is InChI=1S/C23H27NO5/c1-23(2,3)29-22(27)24-19(12-13-20(24)21(25)26)17-10-7-11-18(14-17)28-15-16-8-5-4-6-9-16/h4-11,14,19-20H,12-13,15H2,1-3H3,(H,25,26)/t19-,20+/m1/s1. The molecule has 6 heteroatoms. The molecule has 2 aromatic rings. The summed E-state index contributed by atoms with van der Waals surface area (Å²) in [5, 5.41) is 9.59. The summed E-state index contributed by atoms with van der Waals surface area (Å²) >= 11 is 0. The summed E-state index contributed by atoms with van der Waals surface area (Å²) in [6, 6.07) is 16.0. The van der Waals surface area contributed by atoms with Crippen LogP contribution in [-0.4, -0.2) is 33.7 Å². The highest BCUT2D eigenvalue weighted by Crippen LogP contribution is 2.38. The molecule has 2 atom stereocenters. The van der Waals surface area contributed by atoms with E-state index < -0.39 is 23.7 Å². The maximum Gasteiger partial charge on any atom is 0.411 e. The van der Waals surface area contributed by atoms with Crippen LogP contribution in [-0.2, 0) is 16.1 Å². The molecule has 0 aliphatic carbocycles. The van der Waals surface area contributed by atoms with Crippen LogP contribution in [0.1, 0.15) is 50.8 Å². The molecule has 154 valence electrons. The predicted octanol–water partition coefficient (Wildman–Crippen LogP) is 4.79. The summed E-state index contributed by atoms with van der Waals surface area (Å²) < 4.78 is 11.4. The molecule has 29 heavy (non-hydrogen) atoms. The van der Waals surface area contributed by atoms with Gasteiger partial charge in [0.25, 0.3) is 0 Å². The smallest absolute Gasteiger partial charge is 0.411 e. The summed E-state index contributed by atoms with van der Waals surface area (Å²) in [6.45, 7) is 5.74. The Morgan fingerprint density at radius 3 is 2.45 bits per heavy atom. The first-order valence-corrected chi connectivity index (χ1v) is 9.75. The highest BCUT2D eigenvalue weighted by Gasteiger charge is 2.43. The number of hydrogen-bond acceptors (Lipinski definition) is 4. The molecule has 0 radical (unpaired) electrons. The van der Waals surface area contributed by atoms with Gasteiger partial charge in [0.2, 0.25) is 0 Å². The lowest BCUT2D eigenvalue weighted by Crippen LogP contribution is -2.44. The molecule has 1 N–H and O–H groups in total. The number of benzene rings is 2. The molecule has 0 spiro atoms. The Morgan fingerprint density at radius 2 is 1.79 bits per heavy atom. The molecule has 0 saturated carbocycles. The van der Waals surface area contributed by atoms with Gasteiger partial charge in [-0.25, -0.2) is 9.59 Å². The second kappa shape index (κ2) is 8.55. The summed E-state index contributed by atoms with van der Waals surface area (Å²) in [5.41, 5.74) is 1.19. The average Bonchev–Trinajstić information content (AvgIpc) is 3.12. The second-order valence-corrected chi connectivity index (χ2v) is 8.18. The lowest BCUT2D eigenvalue weighted by atomic mass is 10.0. The summed E-state index contributed by atoms with van der Waals surface area (Å²) in [7, 11) is 0. The van der Waals surface area contributed by atoms with Crippen molar-refractivity contribution in [2.45, 2.75) is 57.9 Å². The molecule has 1 saturated heterocycles. The minimum absolute atomic E-state index is 0.369. The first kappa shape index (κ1) is 20.7. The van der Waals surface area contributed by atoms with Gasteiger partial charge >= 0.3 is 12.1 Å². The van der Waals surface area contributed by atoms with Crippen LogP contribution in [0.5, 0.6) is 5.75 Å². The van der Waals surface area contributed by atoms with E-state index in [0.717, 1.165) is 11.1 Å². The molecule has 1 fully saturated rings. The van der Waals surface area contributed by atoms with Crippen LogP contribution in [0, 0.1) is 0 Å². The molecule has 6 nitrogen and oxygen atoms in total. The summed E-state index contributed by atoms with van der Waals surface area (Å²) in [4.78, 5) is 25.8. The van der Waals surface area contributed by atoms with Crippen LogP contribution < -0.4 is 4.74 Å². The number of aliphatic carboxylic acids is 1. The van der Waals surface area contributed by atoms with Crippen molar-refractivity contribution in [1.82, 2.24) is 4.90 Å². The molecule has 0 aromatic heterocycles. The number of amides is 1. The number of carbonyl (C=O) groups is 2. The fourth-order valence-electron chi connectivity index (χ4n) is 3.50. The number of likely N-dealkylation sites (tertiary alicyclic amines) is 1.